The van der Waals surface area contributed by atoms with Crippen molar-refractivity contribution in [3.63, 3.8) is 0 Å². The minimum Gasteiger partial charge on any atom is -0.382 e. The van der Waals surface area contributed by atoms with Crippen LogP contribution in [-0.2, 0) is 11.2 Å². The molecular formula is C33H33ClN4O. The van der Waals surface area contributed by atoms with Crippen molar-refractivity contribution in [2.75, 3.05) is 15.5 Å². The Labute approximate surface area is 235 Å². The molecule has 2 atom stereocenters. The number of carbonyl (C=O) groups excluding carboxylic acids is 1. The van der Waals surface area contributed by atoms with Crippen LogP contribution in [0.3, 0.4) is 0 Å². The predicted molar refractivity (Wildman–Crippen MR) is 160 cm³/mol. The van der Waals surface area contributed by atoms with Crippen molar-refractivity contribution in [3.8, 4) is 0 Å². The van der Waals surface area contributed by atoms with E-state index in [2.05, 4.69) is 40.7 Å². The predicted octanol–water partition coefficient (Wildman–Crippen LogP) is 7.94. The lowest BCUT2D eigenvalue weighted by Crippen LogP contribution is -2.41. The Bertz CT molecular complexity index is 1430. The molecule has 1 aromatic heterocycles. The molecule has 0 saturated heterocycles. The first-order valence-electron chi connectivity index (χ1n) is 13.8. The third kappa shape index (κ3) is 5.50. The summed E-state index contributed by atoms with van der Waals surface area (Å²) in [7, 11) is 0. The average molecular weight is 537 g/mol. The second kappa shape index (κ2) is 11.1. The summed E-state index contributed by atoms with van der Waals surface area (Å²) < 4.78 is 0. The van der Waals surface area contributed by atoms with Gasteiger partial charge >= 0.3 is 0 Å². The molecule has 1 fully saturated rings. The number of hydrogen-bond acceptors (Lipinski definition) is 4. The minimum atomic E-state index is -0.238. The number of rotatable bonds is 7. The molecule has 1 saturated carbocycles. The van der Waals surface area contributed by atoms with Gasteiger partial charge in [0.25, 0.3) is 0 Å². The summed E-state index contributed by atoms with van der Waals surface area (Å²) in [5.41, 5.74) is 7.45. The van der Waals surface area contributed by atoms with Gasteiger partial charge in [-0.05, 0) is 103 Å². The van der Waals surface area contributed by atoms with E-state index in [1.165, 1.54) is 31.2 Å². The monoisotopic (exact) mass is 536 g/mol. The highest BCUT2D eigenvalue weighted by Gasteiger charge is 2.35. The normalized spacial score (nSPS) is 18.1. The SMILES string of the molecule is CC(Nc1ccc(N2C(=O)Cc3ccc(NC4CCCC4)cc3C2c2ccc(Cl)cc2)cc1)c1ccncc1. The van der Waals surface area contributed by atoms with Crippen LogP contribution in [0.5, 0.6) is 0 Å². The van der Waals surface area contributed by atoms with E-state index < -0.39 is 0 Å². The van der Waals surface area contributed by atoms with Crippen LogP contribution in [0.1, 0.15) is 66.9 Å². The van der Waals surface area contributed by atoms with Gasteiger partial charge in [-0.15, -0.1) is 0 Å². The van der Waals surface area contributed by atoms with Gasteiger partial charge in [-0.2, -0.15) is 0 Å². The maximum Gasteiger partial charge on any atom is 0.232 e. The molecule has 1 amide bonds. The Morgan fingerprint density at radius 3 is 2.31 bits per heavy atom. The van der Waals surface area contributed by atoms with E-state index in [0.29, 0.717) is 17.5 Å². The number of nitrogens with one attached hydrogen (secondary N) is 2. The van der Waals surface area contributed by atoms with E-state index in [1.54, 1.807) is 0 Å². The zero-order valence-electron chi connectivity index (χ0n) is 22.1. The van der Waals surface area contributed by atoms with Crippen molar-refractivity contribution < 1.29 is 4.79 Å². The fourth-order valence-electron chi connectivity index (χ4n) is 5.91. The highest BCUT2D eigenvalue weighted by molar-refractivity contribution is 6.30. The second-order valence-corrected chi connectivity index (χ2v) is 11.1. The fourth-order valence-corrected chi connectivity index (χ4v) is 6.03. The zero-order chi connectivity index (χ0) is 26.8. The molecule has 6 heteroatoms. The van der Waals surface area contributed by atoms with E-state index in [1.807, 2.05) is 78.0 Å². The van der Waals surface area contributed by atoms with Gasteiger partial charge in [-0.25, -0.2) is 0 Å². The number of benzene rings is 3. The van der Waals surface area contributed by atoms with Gasteiger partial charge in [-0.1, -0.05) is 42.6 Å². The van der Waals surface area contributed by atoms with Gasteiger partial charge in [0.1, 0.15) is 0 Å². The van der Waals surface area contributed by atoms with E-state index in [-0.39, 0.29) is 18.0 Å². The molecule has 0 radical (unpaired) electrons. The molecule has 3 aromatic carbocycles. The van der Waals surface area contributed by atoms with Crippen molar-refractivity contribution in [1.82, 2.24) is 4.98 Å². The first-order chi connectivity index (χ1) is 19.0. The van der Waals surface area contributed by atoms with Crippen LogP contribution in [0.2, 0.25) is 5.02 Å². The second-order valence-electron chi connectivity index (χ2n) is 10.6. The van der Waals surface area contributed by atoms with E-state index in [0.717, 1.165) is 33.8 Å². The smallest absolute Gasteiger partial charge is 0.232 e. The molecule has 1 aliphatic carbocycles. The van der Waals surface area contributed by atoms with E-state index in [9.17, 15) is 4.79 Å². The number of amides is 1. The molecule has 2 unspecified atom stereocenters. The lowest BCUT2D eigenvalue weighted by atomic mass is 9.87. The summed E-state index contributed by atoms with van der Waals surface area (Å²) in [4.78, 5) is 19.7. The molecule has 2 aliphatic rings. The number of aromatic nitrogens is 1. The van der Waals surface area contributed by atoms with Crippen LogP contribution < -0.4 is 15.5 Å². The first-order valence-corrected chi connectivity index (χ1v) is 14.2. The molecule has 0 spiro atoms. The van der Waals surface area contributed by atoms with Crippen LogP contribution in [0.4, 0.5) is 17.1 Å². The Kier molecular flexibility index (Phi) is 7.25. The van der Waals surface area contributed by atoms with Crippen molar-refractivity contribution in [1.29, 1.82) is 0 Å². The molecule has 0 bridgehead atoms. The molecule has 2 N–H and O–H groups in total. The van der Waals surface area contributed by atoms with Crippen LogP contribution in [0.15, 0.2) is 91.3 Å². The third-order valence-corrected chi connectivity index (χ3v) is 8.21. The number of fused-ring (bicyclic) bond motifs is 1. The largest absolute Gasteiger partial charge is 0.382 e. The Morgan fingerprint density at radius 2 is 1.59 bits per heavy atom. The summed E-state index contributed by atoms with van der Waals surface area (Å²) in [6.07, 6.45) is 8.98. The number of anilines is 3. The van der Waals surface area contributed by atoms with Crippen LogP contribution >= 0.6 is 11.6 Å². The van der Waals surface area contributed by atoms with Crippen LogP contribution in [-0.4, -0.2) is 16.9 Å². The van der Waals surface area contributed by atoms with Crippen LogP contribution in [0, 0.1) is 0 Å². The average Bonchev–Trinajstić information content (AvgIpc) is 3.47. The summed E-state index contributed by atoms with van der Waals surface area (Å²) >= 11 is 6.26. The number of halogens is 1. The van der Waals surface area contributed by atoms with Gasteiger partial charge in [0, 0.05) is 46.6 Å². The Hall–Kier alpha value is -3.83. The van der Waals surface area contributed by atoms with Crippen molar-refractivity contribution in [3.05, 3.63) is 119 Å². The number of nitrogens with zero attached hydrogens (tertiary/aromatic N) is 2. The maximum atomic E-state index is 13.7. The Balaban J connectivity index is 1.33. The molecule has 5 nitrogen and oxygen atoms in total. The molecular weight excluding hydrogens is 504 g/mol. The van der Waals surface area contributed by atoms with Gasteiger partial charge in [0.15, 0.2) is 0 Å². The third-order valence-electron chi connectivity index (χ3n) is 7.96. The highest BCUT2D eigenvalue weighted by Crippen LogP contribution is 2.41. The summed E-state index contributed by atoms with van der Waals surface area (Å²) in [5.74, 6) is 0.0878. The van der Waals surface area contributed by atoms with E-state index in [4.69, 9.17) is 11.6 Å². The van der Waals surface area contributed by atoms with Crippen molar-refractivity contribution in [2.24, 2.45) is 0 Å². The van der Waals surface area contributed by atoms with Crippen molar-refractivity contribution in [2.45, 2.75) is 57.2 Å². The summed E-state index contributed by atoms with van der Waals surface area (Å²) in [5, 5.41) is 7.98. The fraction of sp³-hybridized carbons (Fsp3) is 0.273. The molecule has 198 valence electrons. The highest BCUT2D eigenvalue weighted by atomic mass is 35.5. The molecule has 6 rings (SSSR count). The number of pyridine rings is 1. The molecule has 4 aromatic rings. The van der Waals surface area contributed by atoms with E-state index >= 15 is 0 Å². The van der Waals surface area contributed by atoms with Gasteiger partial charge in [0.05, 0.1) is 12.5 Å². The zero-order valence-corrected chi connectivity index (χ0v) is 22.9. The molecule has 39 heavy (non-hydrogen) atoms. The molecule has 2 heterocycles. The number of hydrogen-bond donors (Lipinski definition) is 2. The van der Waals surface area contributed by atoms with Gasteiger partial charge in [-0.3, -0.25) is 9.78 Å². The summed E-state index contributed by atoms with van der Waals surface area (Å²) in [6.45, 7) is 2.13. The maximum absolute atomic E-state index is 13.7. The molecule has 1 aliphatic heterocycles. The minimum absolute atomic E-state index is 0.0878. The van der Waals surface area contributed by atoms with Gasteiger partial charge in [0.2, 0.25) is 5.91 Å². The number of carbonyl (C=O) groups is 1. The van der Waals surface area contributed by atoms with Crippen LogP contribution in [0.25, 0.3) is 0 Å². The topological polar surface area (TPSA) is 57.3 Å². The van der Waals surface area contributed by atoms with Crippen molar-refractivity contribution >= 4 is 34.6 Å². The Morgan fingerprint density at radius 1 is 0.897 bits per heavy atom. The summed E-state index contributed by atoms with van der Waals surface area (Å²) in [6, 6.07) is 27.0. The quantitative estimate of drug-likeness (QED) is 0.252. The first kappa shape index (κ1) is 25.4. The lowest BCUT2D eigenvalue weighted by molar-refractivity contribution is -0.118. The van der Waals surface area contributed by atoms with Gasteiger partial charge < -0.3 is 15.5 Å². The standard InChI is InChI=1S/C33H33ClN4O/c1-22(23-16-18-35-19-17-23)36-28-12-14-30(15-13-28)38-32(39)20-25-8-11-29(37-27-4-2-3-5-27)21-31(25)33(38)24-6-9-26(34)10-7-24/h6-19,21-22,27,33,36-37H,2-5,20H2,1H3. The lowest BCUT2D eigenvalue weighted by Gasteiger charge is -2.38.